The fourth-order valence-corrected chi connectivity index (χ4v) is 6.88. The Hall–Kier alpha value is -4.59. The molecule has 0 spiro atoms. The van der Waals surface area contributed by atoms with Crippen molar-refractivity contribution < 1.29 is 44.0 Å². The molecule has 3 aliphatic carbocycles. The molecule has 13 heteroatoms. The highest BCUT2D eigenvalue weighted by Gasteiger charge is 2.63. The molecule has 0 saturated carbocycles. The summed E-state index contributed by atoms with van der Waals surface area (Å²) in [5.41, 5.74) is 2.24. The van der Waals surface area contributed by atoms with Crippen molar-refractivity contribution in [3.63, 3.8) is 0 Å². The van der Waals surface area contributed by atoms with Gasteiger partial charge in [0.1, 0.15) is 28.7 Å². The number of benzene rings is 2. The van der Waals surface area contributed by atoms with Crippen molar-refractivity contribution in [2.75, 3.05) is 41.3 Å². The molecule has 0 fully saturated rings. The van der Waals surface area contributed by atoms with E-state index in [4.69, 9.17) is 5.73 Å². The number of aromatic hydroxyl groups is 1. The SMILES string of the molecule is CN(C)CCNC(=O)c1cc(-c2ccc(O)c3c2C[C@H]2C[C@H]4[C@H](N(C)C)C(O)=C(C(N)=O)C(=O)[C@@]4(O)C(O)=C2C3=O)ccc1F. The van der Waals surface area contributed by atoms with E-state index in [1.165, 1.54) is 29.2 Å². The van der Waals surface area contributed by atoms with Gasteiger partial charge >= 0.3 is 0 Å². The first-order valence-electron chi connectivity index (χ1n) is 14.3. The molecule has 4 atom stereocenters. The Bertz CT molecular complexity index is 1710. The van der Waals surface area contributed by atoms with Gasteiger partial charge in [-0.2, -0.15) is 0 Å². The zero-order chi connectivity index (χ0) is 33.1. The van der Waals surface area contributed by atoms with Gasteiger partial charge in [0.05, 0.1) is 17.2 Å². The second-order valence-electron chi connectivity index (χ2n) is 12.2. The number of likely N-dealkylation sites (N-methyl/N-ethyl adjacent to an activating group) is 2. The number of allylic oxidation sites excluding steroid dienone is 1. The third-order valence-electron chi connectivity index (χ3n) is 8.97. The lowest BCUT2D eigenvalue weighted by Crippen LogP contribution is -2.63. The van der Waals surface area contributed by atoms with Gasteiger partial charge < -0.3 is 36.4 Å². The van der Waals surface area contributed by atoms with E-state index in [1.807, 2.05) is 19.0 Å². The topological polar surface area (TPSA) is 194 Å². The molecule has 0 aromatic heterocycles. The lowest BCUT2D eigenvalue weighted by atomic mass is 9.58. The van der Waals surface area contributed by atoms with E-state index >= 15 is 0 Å². The molecule has 2 aromatic rings. The van der Waals surface area contributed by atoms with Crippen LogP contribution in [0.5, 0.6) is 5.75 Å². The molecule has 5 rings (SSSR count). The van der Waals surface area contributed by atoms with Crippen LogP contribution >= 0.6 is 0 Å². The largest absolute Gasteiger partial charge is 0.510 e. The summed E-state index contributed by atoms with van der Waals surface area (Å²) < 4.78 is 14.8. The minimum atomic E-state index is -2.75. The monoisotopic (exact) mass is 622 g/mol. The number of nitrogens with two attached hydrogens (primary N) is 1. The number of aliphatic hydroxyl groups is 3. The summed E-state index contributed by atoms with van der Waals surface area (Å²) in [7, 11) is 6.76. The maximum atomic E-state index is 14.8. The Morgan fingerprint density at radius 3 is 2.40 bits per heavy atom. The first-order chi connectivity index (χ1) is 21.1. The van der Waals surface area contributed by atoms with Crippen LogP contribution in [-0.2, 0) is 16.0 Å². The number of fused-ring (bicyclic) bond motifs is 3. The molecular formula is C32H35FN4O8. The van der Waals surface area contributed by atoms with Crippen molar-refractivity contribution in [3.05, 3.63) is 75.5 Å². The third-order valence-corrected chi connectivity index (χ3v) is 8.97. The van der Waals surface area contributed by atoms with Crippen LogP contribution in [0.15, 0.2) is 53.0 Å². The minimum absolute atomic E-state index is 0.0417. The number of halogens is 1. The van der Waals surface area contributed by atoms with Gasteiger partial charge in [-0.15, -0.1) is 0 Å². The van der Waals surface area contributed by atoms with E-state index in [9.17, 15) is 44.0 Å². The standard InChI is InChI=1S/C32H35FN4O8/c1-36(2)10-9-35-31(44)18-11-14(5-7-20(18)33)16-6-8-21(38)23-17(16)12-15-13-19-25(37(3)4)27(40)24(30(34)43)29(42)32(19,45)28(41)22(15)26(23)39/h5-8,11,15,19,25,38,40-41,45H,9-10,12-13H2,1-4H3,(H2,34,43)(H,35,44)/t15-,19-,25-,32-/m0/s1. The highest BCUT2D eigenvalue weighted by Crippen LogP contribution is 2.53. The van der Waals surface area contributed by atoms with Crippen molar-refractivity contribution in [2.45, 2.75) is 24.5 Å². The Morgan fingerprint density at radius 2 is 1.78 bits per heavy atom. The number of nitrogens with zero attached hydrogens (tertiary/aromatic N) is 2. The van der Waals surface area contributed by atoms with Gasteiger partial charge in [0.25, 0.3) is 11.8 Å². The molecule has 0 saturated heterocycles. The number of carbonyl (C=O) groups is 4. The Balaban J connectivity index is 1.62. The number of amides is 2. The van der Waals surface area contributed by atoms with Gasteiger partial charge in [0.2, 0.25) is 5.78 Å². The quantitative estimate of drug-likeness (QED) is 0.245. The van der Waals surface area contributed by atoms with Gasteiger partial charge in [-0.3, -0.25) is 24.1 Å². The number of phenolic OH excluding ortho intramolecular Hbond substituents is 1. The van der Waals surface area contributed by atoms with Crippen molar-refractivity contribution in [1.29, 1.82) is 0 Å². The first-order valence-corrected chi connectivity index (χ1v) is 14.3. The van der Waals surface area contributed by atoms with Gasteiger partial charge in [-0.1, -0.05) is 12.1 Å². The summed E-state index contributed by atoms with van der Waals surface area (Å²) in [6.07, 6.45) is -0.0379. The number of aliphatic hydroxyl groups excluding tert-OH is 2. The molecule has 0 radical (unpaired) electrons. The number of nitrogens with one attached hydrogen (secondary N) is 1. The van der Waals surface area contributed by atoms with E-state index in [0.29, 0.717) is 23.2 Å². The highest BCUT2D eigenvalue weighted by atomic mass is 19.1. The number of ketones is 2. The Morgan fingerprint density at radius 1 is 1.09 bits per heavy atom. The highest BCUT2D eigenvalue weighted by molar-refractivity contribution is 6.25. The number of hydrogen-bond acceptors (Lipinski definition) is 10. The summed E-state index contributed by atoms with van der Waals surface area (Å²) >= 11 is 0. The van der Waals surface area contributed by atoms with Gasteiger partial charge in [-0.25, -0.2) is 4.39 Å². The van der Waals surface area contributed by atoms with E-state index in [2.05, 4.69) is 5.32 Å². The second kappa shape index (κ2) is 11.4. The van der Waals surface area contributed by atoms with E-state index in [0.717, 1.165) is 6.07 Å². The number of Topliss-reactive ketones (excluding diaryl/α,β-unsaturated/α-hetero) is 2. The van der Waals surface area contributed by atoms with E-state index in [-0.39, 0.29) is 36.1 Å². The van der Waals surface area contributed by atoms with E-state index in [1.54, 1.807) is 14.1 Å². The number of carbonyl (C=O) groups excluding carboxylic acids is 4. The predicted octanol–water partition coefficient (Wildman–Crippen LogP) is 1.22. The fraction of sp³-hybridized carbons (Fsp3) is 0.375. The maximum Gasteiger partial charge on any atom is 0.255 e. The van der Waals surface area contributed by atoms with Gasteiger partial charge in [-0.05, 0) is 81.8 Å². The van der Waals surface area contributed by atoms with Crippen LogP contribution in [0.3, 0.4) is 0 Å². The predicted molar refractivity (Wildman–Crippen MR) is 160 cm³/mol. The zero-order valence-corrected chi connectivity index (χ0v) is 25.2. The number of primary amides is 1. The normalized spacial score (nSPS) is 24.5. The first kappa shape index (κ1) is 31.8. The molecule has 45 heavy (non-hydrogen) atoms. The van der Waals surface area contributed by atoms with Crippen molar-refractivity contribution in [2.24, 2.45) is 17.6 Å². The molecule has 0 heterocycles. The van der Waals surface area contributed by atoms with Crippen molar-refractivity contribution >= 4 is 23.4 Å². The van der Waals surface area contributed by atoms with Crippen LogP contribution in [0.2, 0.25) is 0 Å². The summed E-state index contributed by atoms with van der Waals surface area (Å²) in [5.74, 6) is -8.85. The molecule has 238 valence electrons. The maximum absolute atomic E-state index is 14.8. The minimum Gasteiger partial charge on any atom is -0.510 e. The van der Waals surface area contributed by atoms with Crippen LogP contribution in [0, 0.1) is 17.7 Å². The smallest absolute Gasteiger partial charge is 0.255 e. The van der Waals surface area contributed by atoms with Crippen LogP contribution in [0.25, 0.3) is 11.1 Å². The zero-order valence-electron chi connectivity index (χ0n) is 25.2. The van der Waals surface area contributed by atoms with E-state index < -0.39 is 75.5 Å². The molecule has 2 amide bonds. The number of phenols is 1. The van der Waals surface area contributed by atoms with Crippen LogP contribution in [-0.4, -0.2) is 107 Å². The average molecular weight is 623 g/mol. The number of hydrogen-bond donors (Lipinski definition) is 6. The molecular weight excluding hydrogens is 587 g/mol. The fourth-order valence-electron chi connectivity index (χ4n) is 6.88. The number of rotatable bonds is 7. The van der Waals surface area contributed by atoms with Crippen LogP contribution in [0.4, 0.5) is 4.39 Å². The van der Waals surface area contributed by atoms with Gasteiger partial charge in [0, 0.05) is 24.6 Å². The summed E-state index contributed by atoms with van der Waals surface area (Å²) in [6, 6.07) is 5.61. The molecule has 0 bridgehead atoms. The molecule has 0 aliphatic heterocycles. The van der Waals surface area contributed by atoms with Crippen molar-refractivity contribution in [3.8, 4) is 16.9 Å². The lowest BCUT2D eigenvalue weighted by Gasteiger charge is -2.50. The lowest BCUT2D eigenvalue weighted by molar-refractivity contribution is -0.148. The summed E-state index contributed by atoms with van der Waals surface area (Å²) in [6.45, 7) is 0.826. The molecule has 7 N–H and O–H groups in total. The second-order valence-corrected chi connectivity index (χ2v) is 12.2. The van der Waals surface area contributed by atoms with Gasteiger partial charge in [0.15, 0.2) is 11.4 Å². The Labute approximate surface area is 258 Å². The van der Waals surface area contributed by atoms with Crippen LogP contribution < -0.4 is 11.1 Å². The average Bonchev–Trinajstić information content (AvgIpc) is 2.95. The molecule has 3 aliphatic rings. The third kappa shape index (κ3) is 4.96. The van der Waals surface area contributed by atoms with Crippen molar-refractivity contribution in [1.82, 2.24) is 15.1 Å². The van der Waals surface area contributed by atoms with Crippen LogP contribution in [0.1, 0.15) is 32.7 Å². The molecule has 12 nitrogen and oxygen atoms in total. The molecule has 2 aromatic carbocycles. The molecule has 0 unspecified atom stereocenters. The Kier molecular flexibility index (Phi) is 8.06. The summed E-state index contributed by atoms with van der Waals surface area (Å²) in [5, 5.41) is 47.7. The summed E-state index contributed by atoms with van der Waals surface area (Å²) in [4.78, 5) is 55.8.